The van der Waals surface area contributed by atoms with Crippen LogP contribution in [0.15, 0.2) is 48.5 Å². The number of amides is 1. The van der Waals surface area contributed by atoms with E-state index >= 15 is 0 Å². The molecule has 0 aliphatic carbocycles. The van der Waals surface area contributed by atoms with Crippen LogP contribution in [0.1, 0.15) is 35.9 Å². The van der Waals surface area contributed by atoms with Crippen molar-refractivity contribution in [3.63, 3.8) is 0 Å². The number of hydrogen-bond acceptors (Lipinski definition) is 2. The maximum absolute atomic E-state index is 12.7. The Morgan fingerprint density at radius 2 is 1.86 bits per heavy atom. The number of anilines is 1. The van der Waals surface area contributed by atoms with Crippen molar-refractivity contribution in [2.45, 2.75) is 26.8 Å². The molecule has 3 aromatic rings. The van der Waals surface area contributed by atoms with E-state index in [1.807, 2.05) is 74.0 Å². The minimum Gasteiger partial charge on any atom is -0.307 e. The lowest BCUT2D eigenvalue weighted by Gasteiger charge is -2.12. The molecule has 4 heteroatoms. The Balaban J connectivity index is 1.98. The summed E-state index contributed by atoms with van der Waals surface area (Å²) in [6, 6.07) is 15.7. The Morgan fingerprint density at radius 3 is 2.64 bits per heavy atom. The van der Waals surface area contributed by atoms with Gasteiger partial charge in [0, 0.05) is 17.7 Å². The largest absolute Gasteiger partial charge is 0.307 e. The van der Waals surface area contributed by atoms with E-state index in [9.17, 15) is 4.79 Å². The van der Waals surface area contributed by atoms with Crippen LogP contribution in [-0.2, 0) is 0 Å². The highest BCUT2D eigenvalue weighted by molar-refractivity contribution is 6.12. The first kappa shape index (κ1) is 14.3. The standard InChI is InChI=1S/C18H19N3O/c1-12(2)21-17(11-13(3)20-21)19-18(22)16-10-6-8-14-7-4-5-9-15(14)16/h4-12H,1-3H3,(H,19,22). The number of benzene rings is 2. The Bertz CT molecular complexity index is 828. The zero-order valence-corrected chi connectivity index (χ0v) is 13.0. The molecule has 0 aliphatic rings. The van der Waals surface area contributed by atoms with Gasteiger partial charge < -0.3 is 5.32 Å². The van der Waals surface area contributed by atoms with Crippen molar-refractivity contribution in [1.82, 2.24) is 9.78 Å². The minimum atomic E-state index is -0.112. The van der Waals surface area contributed by atoms with Gasteiger partial charge in [0.1, 0.15) is 5.82 Å². The SMILES string of the molecule is Cc1cc(NC(=O)c2cccc3ccccc23)n(C(C)C)n1. The van der Waals surface area contributed by atoms with E-state index in [1.54, 1.807) is 0 Å². The molecule has 0 fully saturated rings. The van der Waals surface area contributed by atoms with E-state index < -0.39 is 0 Å². The smallest absolute Gasteiger partial charge is 0.257 e. The number of carbonyl (C=O) groups excluding carboxylic acids is 1. The minimum absolute atomic E-state index is 0.112. The molecular weight excluding hydrogens is 274 g/mol. The van der Waals surface area contributed by atoms with Gasteiger partial charge in [-0.05, 0) is 37.6 Å². The first-order valence-electron chi connectivity index (χ1n) is 7.41. The summed E-state index contributed by atoms with van der Waals surface area (Å²) in [4.78, 5) is 12.7. The van der Waals surface area contributed by atoms with E-state index in [-0.39, 0.29) is 11.9 Å². The average molecular weight is 293 g/mol. The summed E-state index contributed by atoms with van der Waals surface area (Å²) in [5, 5.41) is 9.42. The van der Waals surface area contributed by atoms with Crippen LogP contribution in [0, 0.1) is 6.92 Å². The molecule has 0 radical (unpaired) electrons. The molecule has 0 atom stereocenters. The van der Waals surface area contributed by atoms with Crippen molar-refractivity contribution in [2.75, 3.05) is 5.32 Å². The van der Waals surface area contributed by atoms with Crippen molar-refractivity contribution < 1.29 is 4.79 Å². The fourth-order valence-corrected chi connectivity index (χ4v) is 2.61. The van der Waals surface area contributed by atoms with E-state index in [0.717, 1.165) is 22.3 Å². The molecule has 1 N–H and O–H groups in total. The summed E-state index contributed by atoms with van der Waals surface area (Å²) in [5.41, 5.74) is 1.56. The van der Waals surface area contributed by atoms with Gasteiger partial charge in [0.2, 0.25) is 0 Å². The molecule has 112 valence electrons. The van der Waals surface area contributed by atoms with E-state index in [1.165, 1.54) is 0 Å². The van der Waals surface area contributed by atoms with E-state index in [2.05, 4.69) is 10.4 Å². The highest BCUT2D eigenvalue weighted by Crippen LogP contribution is 2.21. The quantitative estimate of drug-likeness (QED) is 0.787. The topological polar surface area (TPSA) is 46.9 Å². The molecular formula is C18H19N3O. The predicted octanol–water partition coefficient (Wildman–Crippen LogP) is 4.18. The lowest BCUT2D eigenvalue weighted by atomic mass is 10.0. The molecule has 0 bridgehead atoms. The second-order valence-electron chi connectivity index (χ2n) is 5.69. The molecule has 0 saturated heterocycles. The highest BCUT2D eigenvalue weighted by atomic mass is 16.1. The van der Waals surface area contributed by atoms with Gasteiger partial charge in [-0.2, -0.15) is 5.10 Å². The molecule has 4 nitrogen and oxygen atoms in total. The fourth-order valence-electron chi connectivity index (χ4n) is 2.61. The molecule has 1 aromatic heterocycles. The molecule has 22 heavy (non-hydrogen) atoms. The Hall–Kier alpha value is -2.62. The van der Waals surface area contributed by atoms with Crippen LogP contribution in [0.2, 0.25) is 0 Å². The average Bonchev–Trinajstić information content (AvgIpc) is 2.87. The zero-order chi connectivity index (χ0) is 15.7. The van der Waals surface area contributed by atoms with Gasteiger partial charge in [-0.15, -0.1) is 0 Å². The predicted molar refractivity (Wildman–Crippen MR) is 89.3 cm³/mol. The van der Waals surface area contributed by atoms with Gasteiger partial charge in [-0.25, -0.2) is 4.68 Å². The monoisotopic (exact) mass is 293 g/mol. The lowest BCUT2D eigenvalue weighted by molar-refractivity contribution is 0.102. The third-order valence-corrected chi connectivity index (χ3v) is 3.62. The maximum atomic E-state index is 12.7. The third kappa shape index (κ3) is 2.60. The number of nitrogens with zero attached hydrogens (tertiary/aromatic N) is 2. The summed E-state index contributed by atoms with van der Waals surface area (Å²) >= 11 is 0. The summed E-state index contributed by atoms with van der Waals surface area (Å²) in [6.07, 6.45) is 0. The molecule has 1 amide bonds. The summed E-state index contributed by atoms with van der Waals surface area (Å²) < 4.78 is 1.83. The molecule has 2 aromatic carbocycles. The molecule has 1 heterocycles. The maximum Gasteiger partial charge on any atom is 0.257 e. The fraction of sp³-hybridized carbons (Fsp3) is 0.222. The van der Waals surface area contributed by atoms with Crippen molar-refractivity contribution >= 4 is 22.5 Å². The number of carbonyl (C=O) groups is 1. The number of fused-ring (bicyclic) bond motifs is 1. The van der Waals surface area contributed by atoms with Gasteiger partial charge in [0.15, 0.2) is 0 Å². The molecule has 0 aliphatic heterocycles. The number of nitrogens with one attached hydrogen (secondary N) is 1. The zero-order valence-electron chi connectivity index (χ0n) is 13.0. The second-order valence-corrected chi connectivity index (χ2v) is 5.69. The Labute approximate surface area is 129 Å². The number of aryl methyl sites for hydroxylation is 1. The number of aromatic nitrogens is 2. The van der Waals surface area contributed by atoms with Crippen LogP contribution in [0.5, 0.6) is 0 Å². The van der Waals surface area contributed by atoms with Crippen LogP contribution in [0.25, 0.3) is 10.8 Å². The molecule has 0 spiro atoms. The van der Waals surface area contributed by atoms with Crippen molar-refractivity contribution in [1.29, 1.82) is 0 Å². The number of rotatable bonds is 3. The summed E-state index contributed by atoms with van der Waals surface area (Å²) in [6.45, 7) is 6.01. The van der Waals surface area contributed by atoms with Gasteiger partial charge >= 0.3 is 0 Å². The van der Waals surface area contributed by atoms with Gasteiger partial charge in [-0.3, -0.25) is 4.79 Å². The van der Waals surface area contributed by atoms with Crippen molar-refractivity contribution in [2.24, 2.45) is 0 Å². The van der Waals surface area contributed by atoms with Crippen LogP contribution in [-0.4, -0.2) is 15.7 Å². The lowest BCUT2D eigenvalue weighted by Crippen LogP contribution is -2.17. The van der Waals surface area contributed by atoms with E-state index in [4.69, 9.17) is 0 Å². The van der Waals surface area contributed by atoms with Crippen molar-refractivity contribution in [3.8, 4) is 0 Å². The number of hydrogen-bond donors (Lipinski definition) is 1. The molecule has 0 unspecified atom stereocenters. The Morgan fingerprint density at radius 1 is 1.14 bits per heavy atom. The van der Waals surface area contributed by atoms with Crippen LogP contribution >= 0.6 is 0 Å². The third-order valence-electron chi connectivity index (χ3n) is 3.62. The Kier molecular flexibility index (Phi) is 3.67. The van der Waals surface area contributed by atoms with Gasteiger partial charge in [-0.1, -0.05) is 36.4 Å². The van der Waals surface area contributed by atoms with Crippen LogP contribution in [0.3, 0.4) is 0 Å². The van der Waals surface area contributed by atoms with Crippen LogP contribution in [0.4, 0.5) is 5.82 Å². The summed E-state index contributed by atoms with van der Waals surface area (Å²) in [5.74, 6) is 0.615. The van der Waals surface area contributed by atoms with Crippen molar-refractivity contribution in [3.05, 3.63) is 59.8 Å². The second kappa shape index (κ2) is 5.64. The normalized spacial score (nSPS) is 11.1. The van der Waals surface area contributed by atoms with E-state index in [0.29, 0.717) is 5.56 Å². The molecule has 3 rings (SSSR count). The summed E-state index contributed by atoms with van der Waals surface area (Å²) in [7, 11) is 0. The first-order valence-corrected chi connectivity index (χ1v) is 7.41. The highest BCUT2D eigenvalue weighted by Gasteiger charge is 2.14. The van der Waals surface area contributed by atoms with Gasteiger partial charge in [0.05, 0.1) is 5.69 Å². The molecule has 0 saturated carbocycles. The van der Waals surface area contributed by atoms with Crippen LogP contribution < -0.4 is 5.32 Å². The van der Waals surface area contributed by atoms with Gasteiger partial charge in [0.25, 0.3) is 5.91 Å². The first-order chi connectivity index (χ1) is 10.6.